The van der Waals surface area contributed by atoms with Gasteiger partial charge in [-0.1, -0.05) is 37.0 Å². The molecule has 2 rings (SSSR count). The Morgan fingerprint density at radius 3 is 2.17 bits per heavy atom. The average Bonchev–Trinajstić information content (AvgIpc) is 2.64. The Balaban J connectivity index is 2.32. The van der Waals surface area contributed by atoms with E-state index in [1.807, 2.05) is 0 Å². The summed E-state index contributed by atoms with van der Waals surface area (Å²) in [4.78, 5) is 23.6. The summed E-state index contributed by atoms with van der Waals surface area (Å²) >= 11 is 12.3. The van der Waals surface area contributed by atoms with E-state index in [0.29, 0.717) is 11.4 Å². The first-order valence-corrected chi connectivity index (χ1v) is 11.0. The van der Waals surface area contributed by atoms with Gasteiger partial charge in [-0.3, -0.25) is 9.59 Å². The van der Waals surface area contributed by atoms with Gasteiger partial charge in [-0.05, 0) is 36.4 Å². The summed E-state index contributed by atoms with van der Waals surface area (Å²) < 4.78 is 26.8. The Labute approximate surface area is 180 Å². The second-order valence-electron chi connectivity index (χ2n) is 6.06. The van der Waals surface area contributed by atoms with Gasteiger partial charge in [0.25, 0.3) is 5.91 Å². The fourth-order valence-electron chi connectivity index (χ4n) is 2.64. The number of sulfonamides is 1. The van der Waals surface area contributed by atoms with Gasteiger partial charge in [0.1, 0.15) is 4.90 Å². The zero-order valence-corrected chi connectivity index (χ0v) is 18.5. The third-order valence-electron chi connectivity index (χ3n) is 4.05. The number of hydrogen-bond donors (Lipinski definition) is 2. The van der Waals surface area contributed by atoms with Crippen LogP contribution in [-0.4, -0.2) is 37.6 Å². The van der Waals surface area contributed by atoms with E-state index in [2.05, 4.69) is 10.6 Å². The smallest absolute Gasteiger partial charge is 0.255 e. The monoisotopic (exact) mass is 457 g/mol. The van der Waals surface area contributed by atoms with Gasteiger partial charge in [-0.2, -0.15) is 4.31 Å². The Kier molecular flexibility index (Phi) is 7.65. The molecule has 10 heteroatoms. The number of nitrogens with zero attached hydrogens (tertiary/aromatic N) is 1. The van der Waals surface area contributed by atoms with E-state index in [1.165, 1.54) is 41.6 Å². The van der Waals surface area contributed by atoms with E-state index in [4.69, 9.17) is 23.2 Å². The van der Waals surface area contributed by atoms with Crippen LogP contribution in [0.1, 0.15) is 31.1 Å². The van der Waals surface area contributed by atoms with Gasteiger partial charge in [-0.25, -0.2) is 8.42 Å². The van der Waals surface area contributed by atoms with Crippen molar-refractivity contribution in [2.45, 2.75) is 25.7 Å². The molecule has 0 radical (unpaired) electrons. The molecule has 2 aromatic carbocycles. The molecule has 2 N–H and O–H groups in total. The quantitative estimate of drug-likeness (QED) is 0.649. The predicted octanol–water partition coefficient (Wildman–Crippen LogP) is 4.23. The van der Waals surface area contributed by atoms with Gasteiger partial charge in [0.15, 0.2) is 0 Å². The molecular weight excluding hydrogens is 437 g/mol. The largest absolute Gasteiger partial charge is 0.326 e. The van der Waals surface area contributed by atoms with Gasteiger partial charge in [0, 0.05) is 31.3 Å². The van der Waals surface area contributed by atoms with Crippen molar-refractivity contribution < 1.29 is 18.0 Å². The number of rotatable bonds is 7. The Hall–Kier alpha value is -2.13. The third kappa shape index (κ3) is 5.48. The van der Waals surface area contributed by atoms with Crippen LogP contribution >= 0.6 is 23.2 Å². The zero-order valence-electron chi connectivity index (χ0n) is 16.1. The number of halogens is 2. The standard InChI is InChI=1S/C19H21Cl2N3O4S/c1-4-24(5-2)29(27,28)18-10-13(6-8-15(18)20)19(26)23-17-9-7-14(11-16(17)21)22-12(3)25/h6-11H,4-5H2,1-3H3,(H,22,25)(H,23,26). The highest BCUT2D eigenvalue weighted by atomic mass is 35.5. The van der Waals surface area contributed by atoms with Gasteiger partial charge >= 0.3 is 0 Å². The van der Waals surface area contributed by atoms with Crippen LogP contribution in [0.15, 0.2) is 41.3 Å². The van der Waals surface area contributed by atoms with Crippen molar-refractivity contribution in [2.75, 3.05) is 23.7 Å². The first-order chi connectivity index (χ1) is 13.6. The summed E-state index contributed by atoms with van der Waals surface area (Å²) in [5.41, 5.74) is 0.913. The highest BCUT2D eigenvalue weighted by Crippen LogP contribution is 2.28. The molecular formula is C19H21Cl2N3O4S. The molecule has 0 saturated heterocycles. The maximum absolute atomic E-state index is 12.8. The molecule has 7 nitrogen and oxygen atoms in total. The molecule has 0 fully saturated rings. The zero-order chi connectivity index (χ0) is 21.8. The fourth-order valence-corrected chi connectivity index (χ4v) is 4.82. The number of carbonyl (C=O) groups is 2. The normalized spacial score (nSPS) is 11.4. The van der Waals surface area contributed by atoms with E-state index >= 15 is 0 Å². The maximum Gasteiger partial charge on any atom is 0.255 e. The third-order valence-corrected chi connectivity index (χ3v) is 6.90. The van der Waals surface area contributed by atoms with E-state index in [-0.39, 0.29) is 39.5 Å². The lowest BCUT2D eigenvalue weighted by Crippen LogP contribution is -2.31. The van der Waals surface area contributed by atoms with Crippen molar-refractivity contribution >= 4 is 56.4 Å². The number of benzene rings is 2. The molecule has 0 spiro atoms. The summed E-state index contributed by atoms with van der Waals surface area (Å²) in [7, 11) is -3.83. The molecule has 0 atom stereocenters. The molecule has 2 aromatic rings. The second kappa shape index (κ2) is 9.58. The summed E-state index contributed by atoms with van der Waals surface area (Å²) in [6, 6.07) is 8.66. The van der Waals surface area contributed by atoms with Crippen molar-refractivity contribution in [3.05, 3.63) is 52.0 Å². The van der Waals surface area contributed by atoms with E-state index in [9.17, 15) is 18.0 Å². The Morgan fingerprint density at radius 1 is 0.966 bits per heavy atom. The lowest BCUT2D eigenvalue weighted by molar-refractivity contribution is -0.114. The lowest BCUT2D eigenvalue weighted by Gasteiger charge is -2.19. The van der Waals surface area contributed by atoms with Crippen LogP contribution in [0.2, 0.25) is 10.0 Å². The first kappa shape index (κ1) is 23.2. The minimum atomic E-state index is -3.83. The fraction of sp³-hybridized carbons (Fsp3) is 0.263. The number of hydrogen-bond acceptors (Lipinski definition) is 4. The molecule has 0 aliphatic rings. The highest BCUT2D eigenvalue weighted by Gasteiger charge is 2.25. The number of carbonyl (C=O) groups excluding carboxylic acids is 2. The molecule has 156 valence electrons. The molecule has 29 heavy (non-hydrogen) atoms. The van der Waals surface area contributed by atoms with Crippen LogP contribution in [0.4, 0.5) is 11.4 Å². The van der Waals surface area contributed by atoms with Crippen LogP contribution in [0.3, 0.4) is 0 Å². The first-order valence-electron chi connectivity index (χ1n) is 8.78. The number of amides is 2. The topological polar surface area (TPSA) is 95.6 Å². The van der Waals surface area contributed by atoms with E-state index in [0.717, 1.165) is 0 Å². The van der Waals surface area contributed by atoms with Crippen LogP contribution in [0.25, 0.3) is 0 Å². The minimum Gasteiger partial charge on any atom is -0.326 e. The van der Waals surface area contributed by atoms with Crippen LogP contribution in [0, 0.1) is 0 Å². The summed E-state index contributed by atoms with van der Waals surface area (Å²) in [6.45, 7) is 5.37. The summed E-state index contributed by atoms with van der Waals surface area (Å²) in [5, 5.41) is 5.47. The SMILES string of the molecule is CCN(CC)S(=O)(=O)c1cc(C(=O)Nc2ccc(NC(C)=O)cc2Cl)ccc1Cl. The van der Waals surface area contributed by atoms with Crippen LogP contribution < -0.4 is 10.6 Å². The van der Waals surface area contributed by atoms with Gasteiger partial charge < -0.3 is 10.6 Å². The van der Waals surface area contributed by atoms with Crippen LogP contribution in [0.5, 0.6) is 0 Å². The van der Waals surface area contributed by atoms with Crippen molar-refractivity contribution in [3.8, 4) is 0 Å². The van der Waals surface area contributed by atoms with Crippen molar-refractivity contribution in [1.82, 2.24) is 4.31 Å². The molecule has 0 saturated carbocycles. The Morgan fingerprint density at radius 2 is 1.62 bits per heavy atom. The van der Waals surface area contributed by atoms with Gasteiger partial charge in [-0.15, -0.1) is 0 Å². The molecule has 0 unspecified atom stereocenters. The number of nitrogens with one attached hydrogen (secondary N) is 2. The van der Waals surface area contributed by atoms with E-state index < -0.39 is 15.9 Å². The minimum absolute atomic E-state index is 0.0335. The second-order valence-corrected chi connectivity index (χ2v) is 8.79. The molecule has 0 heterocycles. The van der Waals surface area contributed by atoms with Gasteiger partial charge in [0.2, 0.25) is 15.9 Å². The lowest BCUT2D eigenvalue weighted by atomic mass is 10.2. The number of anilines is 2. The van der Waals surface area contributed by atoms with E-state index in [1.54, 1.807) is 19.9 Å². The molecule has 0 aliphatic heterocycles. The Bertz CT molecular complexity index is 1040. The predicted molar refractivity (Wildman–Crippen MR) is 115 cm³/mol. The average molecular weight is 458 g/mol. The van der Waals surface area contributed by atoms with Crippen LogP contribution in [-0.2, 0) is 14.8 Å². The van der Waals surface area contributed by atoms with Crippen molar-refractivity contribution in [3.63, 3.8) is 0 Å². The molecule has 2 amide bonds. The van der Waals surface area contributed by atoms with Crippen molar-refractivity contribution in [2.24, 2.45) is 0 Å². The van der Waals surface area contributed by atoms with Crippen molar-refractivity contribution in [1.29, 1.82) is 0 Å². The summed E-state index contributed by atoms with van der Waals surface area (Å²) in [5.74, 6) is -0.798. The molecule has 0 aromatic heterocycles. The maximum atomic E-state index is 12.8. The molecule has 0 bridgehead atoms. The van der Waals surface area contributed by atoms with Gasteiger partial charge in [0.05, 0.1) is 15.7 Å². The molecule has 0 aliphatic carbocycles. The summed E-state index contributed by atoms with van der Waals surface area (Å²) in [6.07, 6.45) is 0. The highest BCUT2D eigenvalue weighted by molar-refractivity contribution is 7.89.